The van der Waals surface area contributed by atoms with Gasteiger partial charge in [-0.3, -0.25) is 4.79 Å². The lowest BCUT2D eigenvalue weighted by molar-refractivity contribution is -0.143. The topological polar surface area (TPSA) is 102 Å². The maximum atomic E-state index is 11.6. The fourth-order valence-corrected chi connectivity index (χ4v) is 1.12. The van der Waals surface area contributed by atoms with Crippen LogP contribution in [-0.2, 0) is 14.3 Å². The second kappa shape index (κ2) is 7.19. The number of ether oxygens (including phenoxy) is 1. The van der Waals surface area contributed by atoms with Crippen molar-refractivity contribution < 1.29 is 19.4 Å². The fraction of sp³-hybridized carbons (Fsp3) is 0.800. The van der Waals surface area contributed by atoms with Crippen LogP contribution in [0, 0.1) is 5.92 Å². The largest absolute Gasteiger partial charge is 0.480 e. The molecular formula is C10H20N2O4. The van der Waals surface area contributed by atoms with Crippen LogP contribution in [0.2, 0.25) is 0 Å². The number of methoxy groups -OCH3 is 1. The zero-order chi connectivity index (χ0) is 12.7. The van der Waals surface area contributed by atoms with Gasteiger partial charge in [-0.25, -0.2) is 4.79 Å². The van der Waals surface area contributed by atoms with Gasteiger partial charge in [0, 0.05) is 7.11 Å². The summed E-state index contributed by atoms with van der Waals surface area (Å²) in [5, 5.41) is 11.1. The van der Waals surface area contributed by atoms with Crippen molar-refractivity contribution in [2.75, 3.05) is 13.7 Å². The van der Waals surface area contributed by atoms with E-state index in [4.69, 9.17) is 15.6 Å². The van der Waals surface area contributed by atoms with E-state index in [1.54, 1.807) is 0 Å². The Morgan fingerprint density at radius 3 is 2.44 bits per heavy atom. The summed E-state index contributed by atoms with van der Waals surface area (Å²) in [4.78, 5) is 22.3. The van der Waals surface area contributed by atoms with Crippen LogP contribution >= 0.6 is 0 Å². The molecule has 0 aliphatic carbocycles. The van der Waals surface area contributed by atoms with Crippen LogP contribution in [0.5, 0.6) is 0 Å². The number of hydrogen-bond donors (Lipinski definition) is 3. The number of rotatable bonds is 7. The van der Waals surface area contributed by atoms with Crippen LogP contribution in [0.3, 0.4) is 0 Å². The van der Waals surface area contributed by atoms with Crippen LogP contribution in [0.4, 0.5) is 0 Å². The smallest absolute Gasteiger partial charge is 0.328 e. The Morgan fingerprint density at radius 2 is 2.06 bits per heavy atom. The van der Waals surface area contributed by atoms with E-state index in [1.165, 1.54) is 7.11 Å². The van der Waals surface area contributed by atoms with E-state index in [0.717, 1.165) is 6.42 Å². The first kappa shape index (κ1) is 14.9. The first-order chi connectivity index (χ1) is 7.43. The number of carbonyl (C=O) groups excluding carboxylic acids is 1. The normalized spacial score (nSPS) is 16.2. The molecular weight excluding hydrogens is 212 g/mol. The Hall–Kier alpha value is -1.14. The molecule has 1 amide bonds. The highest BCUT2D eigenvalue weighted by Gasteiger charge is 2.25. The molecule has 6 heteroatoms. The lowest BCUT2D eigenvalue weighted by atomic mass is 9.99. The summed E-state index contributed by atoms with van der Waals surface area (Å²) in [7, 11) is 1.37. The lowest BCUT2D eigenvalue weighted by Crippen LogP contribution is -2.52. The number of amides is 1. The molecule has 0 saturated heterocycles. The average molecular weight is 232 g/mol. The van der Waals surface area contributed by atoms with Gasteiger partial charge in [-0.05, 0) is 5.92 Å². The number of carboxylic acid groups (broad SMARTS) is 1. The van der Waals surface area contributed by atoms with Gasteiger partial charge >= 0.3 is 5.97 Å². The second-order valence-electron chi connectivity index (χ2n) is 3.77. The van der Waals surface area contributed by atoms with Crippen molar-refractivity contribution in [3.8, 4) is 0 Å². The maximum Gasteiger partial charge on any atom is 0.328 e. The Kier molecular flexibility index (Phi) is 6.67. The Bertz CT molecular complexity index is 245. The van der Waals surface area contributed by atoms with Gasteiger partial charge in [-0.1, -0.05) is 20.3 Å². The highest BCUT2D eigenvalue weighted by molar-refractivity contribution is 5.87. The molecule has 0 spiro atoms. The molecule has 0 aromatic rings. The number of aliphatic carboxylic acids is 1. The van der Waals surface area contributed by atoms with Gasteiger partial charge in [0.25, 0.3) is 0 Å². The first-order valence-corrected chi connectivity index (χ1v) is 5.21. The van der Waals surface area contributed by atoms with E-state index in [-0.39, 0.29) is 12.5 Å². The zero-order valence-electron chi connectivity index (χ0n) is 9.90. The molecule has 4 N–H and O–H groups in total. The van der Waals surface area contributed by atoms with Gasteiger partial charge in [0.2, 0.25) is 5.91 Å². The number of nitrogens with one attached hydrogen (secondary N) is 1. The van der Waals surface area contributed by atoms with Crippen LogP contribution in [0.1, 0.15) is 20.3 Å². The third-order valence-electron chi connectivity index (χ3n) is 2.51. The Balaban J connectivity index is 4.34. The van der Waals surface area contributed by atoms with Gasteiger partial charge in [0.15, 0.2) is 6.04 Å². The molecule has 0 rings (SSSR count). The quantitative estimate of drug-likeness (QED) is 0.553. The molecule has 2 unspecified atom stereocenters. The number of carbonyl (C=O) groups is 2. The molecule has 0 saturated carbocycles. The molecule has 0 heterocycles. The van der Waals surface area contributed by atoms with Crippen LogP contribution < -0.4 is 11.1 Å². The summed E-state index contributed by atoms with van der Waals surface area (Å²) in [6, 6.07) is -1.74. The van der Waals surface area contributed by atoms with Crippen molar-refractivity contribution >= 4 is 11.9 Å². The molecule has 0 aliphatic heterocycles. The predicted molar refractivity (Wildman–Crippen MR) is 58.9 cm³/mol. The number of hydrogen-bond acceptors (Lipinski definition) is 4. The van der Waals surface area contributed by atoms with Crippen LogP contribution in [0.15, 0.2) is 0 Å². The number of carboxylic acids is 1. The summed E-state index contributed by atoms with van der Waals surface area (Å²) in [5.41, 5.74) is 5.67. The molecule has 0 radical (unpaired) electrons. The highest BCUT2D eigenvalue weighted by atomic mass is 16.5. The van der Waals surface area contributed by atoms with Gasteiger partial charge in [-0.2, -0.15) is 0 Å². The minimum Gasteiger partial charge on any atom is -0.480 e. The minimum atomic E-state index is -1.13. The lowest BCUT2D eigenvalue weighted by Gasteiger charge is -2.20. The second-order valence-corrected chi connectivity index (χ2v) is 3.77. The third-order valence-corrected chi connectivity index (χ3v) is 2.51. The van der Waals surface area contributed by atoms with E-state index in [1.807, 2.05) is 13.8 Å². The van der Waals surface area contributed by atoms with Crippen molar-refractivity contribution in [3.63, 3.8) is 0 Å². The van der Waals surface area contributed by atoms with E-state index < -0.39 is 24.0 Å². The molecule has 16 heavy (non-hydrogen) atoms. The van der Waals surface area contributed by atoms with Gasteiger partial charge in [0.05, 0.1) is 12.6 Å². The summed E-state index contributed by atoms with van der Waals surface area (Å²) in [6.45, 7) is 3.69. The SMILES string of the molecule is CCC(C)[C@H](N)C(=O)NC(COC)C(=O)O. The average Bonchev–Trinajstić information content (AvgIpc) is 2.25. The van der Waals surface area contributed by atoms with Gasteiger partial charge in [-0.15, -0.1) is 0 Å². The predicted octanol–water partition coefficient (Wildman–Crippen LogP) is -0.424. The van der Waals surface area contributed by atoms with Crippen molar-refractivity contribution in [1.82, 2.24) is 5.32 Å². The third kappa shape index (κ3) is 4.59. The molecule has 0 aromatic heterocycles. The molecule has 6 nitrogen and oxygen atoms in total. The molecule has 0 aliphatic rings. The van der Waals surface area contributed by atoms with E-state index in [2.05, 4.69) is 5.32 Å². The summed E-state index contributed by atoms with van der Waals surface area (Å²) in [6.07, 6.45) is 0.761. The maximum absolute atomic E-state index is 11.6. The Morgan fingerprint density at radius 1 is 1.50 bits per heavy atom. The molecule has 3 atom stereocenters. The summed E-state index contributed by atoms with van der Waals surface area (Å²) >= 11 is 0. The molecule has 0 aromatic carbocycles. The van der Waals surface area contributed by atoms with Crippen molar-refractivity contribution in [2.45, 2.75) is 32.4 Å². The first-order valence-electron chi connectivity index (χ1n) is 5.21. The minimum absolute atomic E-state index is 0.0111. The van der Waals surface area contributed by atoms with Crippen LogP contribution in [0.25, 0.3) is 0 Å². The van der Waals surface area contributed by atoms with Crippen molar-refractivity contribution in [1.29, 1.82) is 0 Å². The summed E-state index contributed by atoms with van der Waals surface area (Å²) < 4.78 is 4.70. The van der Waals surface area contributed by atoms with Gasteiger partial charge < -0.3 is 20.9 Å². The molecule has 0 fully saturated rings. The molecule has 94 valence electrons. The van der Waals surface area contributed by atoms with Crippen molar-refractivity contribution in [2.24, 2.45) is 11.7 Å². The van der Waals surface area contributed by atoms with Crippen molar-refractivity contribution in [3.05, 3.63) is 0 Å². The highest BCUT2D eigenvalue weighted by Crippen LogP contribution is 2.05. The fourth-order valence-electron chi connectivity index (χ4n) is 1.12. The standard InChI is InChI=1S/C10H20N2O4/c1-4-6(2)8(11)9(13)12-7(5-16-3)10(14)15/h6-8H,4-5,11H2,1-3H3,(H,12,13)(H,14,15)/t6?,7?,8-/m0/s1. The Labute approximate surface area is 95.1 Å². The number of nitrogens with two attached hydrogens (primary N) is 1. The van der Waals surface area contributed by atoms with E-state index >= 15 is 0 Å². The zero-order valence-corrected chi connectivity index (χ0v) is 9.90. The monoisotopic (exact) mass is 232 g/mol. The van der Waals surface area contributed by atoms with E-state index in [9.17, 15) is 9.59 Å². The van der Waals surface area contributed by atoms with Gasteiger partial charge in [0.1, 0.15) is 0 Å². The molecule has 0 bridgehead atoms. The summed E-state index contributed by atoms with van der Waals surface area (Å²) in [5.74, 6) is -1.58. The van der Waals surface area contributed by atoms with Crippen LogP contribution in [-0.4, -0.2) is 42.8 Å². The van der Waals surface area contributed by atoms with E-state index in [0.29, 0.717) is 0 Å².